The number of hydrogen-bond acceptors (Lipinski definition) is 3. The highest BCUT2D eigenvalue weighted by Crippen LogP contribution is 2.41. The highest BCUT2D eigenvalue weighted by atomic mass is 32.2. The monoisotopic (exact) mass is 328 g/mol. The van der Waals surface area contributed by atoms with Crippen LogP contribution in [-0.2, 0) is 14.8 Å². The van der Waals surface area contributed by atoms with E-state index in [-0.39, 0.29) is 18.5 Å². The number of halogens is 3. The van der Waals surface area contributed by atoms with Crippen LogP contribution in [0.1, 0.15) is 25.7 Å². The van der Waals surface area contributed by atoms with Gasteiger partial charge in [-0.2, -0.15) is 13.2 Å². The third-order valence-corrected chi connectivity index (χ3v) is 4.66. The van der Waals surface area contributed by atoms with Crippen LogP contribution < -0.4 is 4.72 Å². The molecular weight excluding hydrogens is 309 g/mol. The molecule has 1 saturated heterocycles. The van der Waals surface area contributed by atoms with Gasteiger partial charge in [0, 0.05) is 25.6 Å². The van der Waals surface area contributed by atoms with Gasteiger partial charge in [0.05, 0.1) is 12.7 Å². The normalized spacial score (nSPS) is 27.1. The predicted octanol–water partition coefficient (Wildman–Crippen LogP) is 1.12. The van der Waals surface area contributed by atoms with E-state index in [9.17, 15) is 26.4 Å². The Hall–Kier alpha value is -0.830. The first-order chi connectivity index (χ1) is 9.55. The summed E-state index contributed by atoms with van der Waals surface area (Å²) in [5.74, 6) is -0.185. The molecule has 0 aromatic rings. The predicted molar refractivity (Wildman–Crippen MR) is 69.9 cm³/mol. The summed E-state index contributed by atoms with van der Waals surface area (Å²) in [5, 5.41) is 0. The molecule has 2 aliphatic rings. The molecule has 2 atom stereocenters. The van der Waals surface area contributed by atoms with E-state index in [4.69, 9.17) is 0 Å². The number of hydrogen-bond donors (Lipinski definition) is 1. The third kappa shape index (κ3) is 5.14. The standard InChI is InChI=1S/C12H19F3N2O3S/c1-21(19,20)16-10-7-17(6-9(10)8-2-3-8)11(18)4-5-12(13,14)15/h8-10,16H,2-7H2,1H3/t9-,10+/m0/s1. The fourth-order valence-corrected chi connectivity index (χ4v) is 3.64. The van der Waals surface area contributed by atoms with Crippen LogP contribution in [0.25, 0.3) is 0 Å². The van der Waals surface area contributed by atoms with Crippen molar-refractivity contribution >= 4 is 15.9 Å². The number of carbonyl (C=O) groups is 1. The van der Waals surface area contributed by atoms with E-state index in [1.165, 1.54) is 4.90 Å². The summed E-state index contributed by atoms with van der Waals surface area (Å²) >= 11 is 0. The maximum absolute atomic E-state index is 12.2. The lowest BCUT2D eigenvalue weighted by Gasteiger charge is -2.17. The first-order valence-corrected chi connectivity index (χ1v) is 8.76. The van der Waals surface area contributed by atoms with E-state index < -0.39 is 34.9 Å². The zero-order valence-corrected chi connectivity index (χ0v) is 12.5. The number of alkyl halides is 3. The molecular formula is C12H19F3N2O3S. The lowest BCUT2D eigenvalue weighted by atomic mass is 9.99. The molecule has 1 aliphatic carbocycles. The Morgan fingerprint density at radius 1 is 1.29 bits per heavy atom. The van der Waals surface area contributed by atoms with Crippen molar-refractivity contribution < 1.29 is 26.4 Å². The summed E-state index contributed by atoms with van der Waals surface area (Å²) in [4.78, 5) is 13.2. The van der Waals surface area contributed by atoms with Crippen molar-refractivity contribution in [2.75, 3.05) is 19.3 Å². The fraction of sp³-hybridized carbons (Fsp3) is 0.917. The summed E-state index contributed by atoms with van der Waals surface area (Å²) in [5.41, 5.74) is 0. The van der Waals surface area contributed by atoms with Crippen molar-refractivity contribution in [3.8, 4) is 0 Å². The second kappa shape index (κ2) is 5.75. The van der Waals surface area contributed by atoms with E-state index in [0.29, 0.717) is 12.5 Å². The highest BCUT2D eigenvalue weighted by Gasteiger charge is 2.44. The Labute approximate surface area is 121 Å². The van der Waals surface area contributed by atoms with Gasteiger partial charge in [-0.3, -0.25) is 4.79 Å². The molecule has 1 saturated carbocycles. The van der Waals surface area contributed by atoms with Crippen LogP contribution in [0.4, 0.5) is 13.2 Å². The second-order valence-corrected chi connectivity index (χ2v) is 7.69. The molecule has 122 valence electrons. The van der Waals surface area contributed by atoms with Gasteiger partial charge in [0.15, 0.2) is 0 Å². The zero-order chi connectivity index (χ0) is 15.8. The van der Waals surface area contributed by atoms with Crippen molar-refractivity contribution in [3.63, 3.8) is 0 Å². The van der Waals surface area contributed by atoms with Gasteiger partial charge in [0.1, 0.15) is 0 Å². The third-order valence-electron chi connectivity index (χ3n) is 3.93. The Morgan fingerprint density at radius 3 is 2.38 bits per heavy atom. The highest BCUT2D eigenvalue weighted by molar-refractivity contribution is 7.88. The van der Waals surface area contributed by atoms with Gasteiger partial charge >= 0.3 is 6.18 Å². The molecule has 0 aromatic heterocycles. The number of sulfonamides is 1. The lowest BCUT2D eigenvalue weighted by Crippen LogP contribution is -2.41. The summed E-state index contributed by atoms with van der Waals surface area (Å²) in [6.45, 7) is 0.499. The van der Waals surface area contributed by atoms with Gasteiger partial charge in [0.25, 0.3) is 0 Å². The molecule has 0 aromatic carbocycles. The topological polar surface area (TPSA) is 66.5 Å². The first kappa shape index (κ1) is 16.5. The molecule has 1 aliphatic heterocycles. The van der Waals surface area contributed by atoms with Crippen LogP contribution in [-0.4, -0.2) is 50.8 Å². The second-order valence-electron chi connectivity index (χ2n) is 5.91. The van der Waals surface area contributed by atoms with E-state index in [2.05, 4.69) is 4.72 Å². The molecule has 2 fully saturated rings. The van der Waals surface area contributed by atoms with Crippen molar-refractivity contribution in [1.29, 1.82) is 0 Å². The van der Waals surface area contributed by atoms with E-state index in [1.807, 2.05) is 0 Å². The SMILES string of the molecule is CS(=O)(=O)N[C@@H]1CN(C(=O)CCC(F)(F)F)C[C@H]1C1CC1. The zero-order valence-electron chi connectivity index (χ0n) is 11.7. The first-order valence-electron chi connectivity index (χ1n) is 6.87. The Balaban J connectivity index is 1.95. The number of amides is 1. The molecule has 1 N–H and O–H groups in total. The molecule has 1 amide bonds. The van der Waals surface area contributed by atoms with Crippen LogP contribution in [0.5, 0.6) is 0 Å². The largest absolute Gasteiger partial charge is 0.389 e. The van der Waals surface area contributed by atoms with Gasteiger partial charge in [0.2, 0.25) is 15.9 Å². The number of carbonyl (C=O) groups excluding carboxylic acids is 1. The molecule has 0 bridgehead atoms. The van der Waals surface area contributed by atoms with Crippen LogP contribution in [0.15, 0.2) is 0 Å². The molecule has 2 rings (SSSR count). The molecule has 0 unspecified atom stereocenters. The molecule has 21 heavy (non-hydrogen) atoms. The maximum Gasteiger partial charge on any atom is 0.389 e. The molecule has 5 nitrogen and oxygen atoms in total. The summed E-state index contributed by atoms with van der Waals surface area (Å²) in [6, 6.07) is -0.387. The minimum atomic E-state index is -4.35. The number of likely N-dealkylation sites (tertiary alicyclic amines) is 1. The van der Waals surface area contributed by atoms with Gasteiger partial charge in [-0.25, -0.2) is 13.1 Å². The van der Waals surface area contributed by atoms with Gasteiger partial charge < -0.3 is 4.90 Å². The quantitative estimate of drug-likeness (QED) is 0.822. The Bertz CT molecular complexity index is 502. The van der Waals surface area contributed by atoms with Crippen molar-refractivity contribution in [3.05, 3.63) is 0 Å². The van der Waals surface area contributed by atoms with Crippen LogP contribution in [0.3, 0.4) is 0 Å². The minimum Gasteiger partial charge on any atom is -0.341 e. The van der Waals surface area contributed by atoms with Gasteiger partial charge in [-0.15, -0.1) is 0 Å². The summed E-state index contributed by atoms with van der Waals surface area (Å²) < 4.78 is 61.7. The van der Waals surface area contributed by atoms with Gasteiger partial charge in [-0.1, -0.05) is 0 Å². The molecule has 0 spiro atoms. The van der Waals surface area contributed by atoms with Crippen molar-refractivity contribution in [1.82, 2.24) is 9.62 Å². The summed E-state index contributed by atoms with van der Waals surface area (Å²) in [6.07, 6.45) is -3.05. The number of nitrogens with one attached hydrogen (secondary N) is 1. The maximum atomic E-state index is 12.2. The Morgan fingerprint density at radius 2 is 1.90 bits per heavy atom. The van der Waals surface area contributed by atoms with E-state index in [1.54, 1.807) is 0 Å². The number of nitrogens with zero attached hydrogens (tertiary/aromatic N) is 1. The molecule has 9 heteroatoms. The van der Waals surface area contributed by atoms with Crippen LogP contribution in [0.2, 0.25) is 0 Å². The van der Waals surface area contributed by atoms with E-state index in [0.717, 1.165) is 19.1 Å². The number of rotatable bonds is 5. The van der Waals surface area contributed by atoms with Crippen LogP contribution >= 0.6 is 0 Å². The van der Waals surface area contributed by atoms with Crippen molar-refractivity contribution in [2.24, 2.45) is 11.8 Å². The van der Waals surface area contributed by atoms with Crippen molar-refractivity contribution in [2.45, 2.75) is 37.9 Å². The molecule has 1 heterocycles. The average Bonchev–Trinajstić information content (AvgIpc) is 3.06. The van der Waals surface area contributed by atoms with Gasteiger partial charge in [-0.05, 0) is 24.7 Å². The Kier molecular flexibility index (Phi) is 4.53. The average molecular weight is 328 g/mol. The minimum absolute atomic E-state index is 0.00885. The smallest absolute Gasteiger partial charge is 0.341 e. The lowest BCUT2D eigenvalue weighted by molar-refractivity contribution is -0.148. The summed E-state index contributed by atoms with van der Waals surface area (Å²) in [7, 11) is -3.40. The van der Waals surface area contributed by atoms with Crippen LogP contribution in [0, 0.1) is 11.8 Å². The van der Waals surface area contributed by atoms with E-state index >= 15 is 0 Å². The fourth-order valence-electron chi connectivity index (χ4n) is 2.84. The molecule has 0 radical (unpaired) electrons.